The number of aromatic nitrogens is 1. The summed E-state index contributed by atoms with van der Waals surface area (Å²) in [6, 6.07) is 6.90. The number of amides is 3. The number of benzene rings is 1. The van der Waals surface area contributed by atoms with Gasteiger partial charge >= 0.3 is 12.1 Å². The van der Waals surface area contributed by atoms with Crippen LogP contribution in [0.15, 0.2) is 24.3 Å². The number of nitrogens with one attached hydrogen (secondary N) is 2. The fraction of sp³-hybridized carbons (Fsp3) is 0.606. The third kappa shape index (κ3) is 6.19. The molecular weight excluding hydrogens is 564 g/mol. The summed E-state index contributed by atoms with van der Waals surface area (Å²) in [7, 11) is 1.82. The standard InChI is InChI=1S/C33H44N4O7/c1-6-21-14-27(38)33(21,4)35-29(40)25-15-22-18-37(25)28(39)17-34-31(42)43-19-32(2,3)13-8-7-10-20-11-9-12-24-23(20)16-26(36(24)5)30(41)44-22/h9,11-12,16,21-22,25H,6-8,10,13-15,17-19H2,1-5H3,(H,34,42)(H,35,40)/t21-,22-,25+,33-/m1/s1. The summed E-state index contributed by atoms with van der Waals surface area (Å²) in [4.78, 5) is 66.8. The van der Waals surface area contributed by atoms with Crippen LogP contribution in [0.2, 0.25) is 0 Å². The molecule has 1 aromatic carbocycles. The number of hydrogen-bond donors (Lipinski definition) is 2. The lowest BCUT2D eigenvalue weighted by molar-refractivity contribution is -0.146. The minimum atomic E-state index is -1.01. The van der Waals surface area contributed by atoms with Gasteiger partial charge in [-0.1, -0.05) is 45.7 Å². The van der Waals surface area contributed by atoms with Crippen molar-refractivity contribution >= 4 is 40.6 Å². The zero-order chi connectivity index (χ0) is 31.8. The van der Waals surface area contributed by atoms with Crippen molar-refractivity contribution in [2.75, 3.05) is 19.7 Å². The fourth-order valence-corrected chi connectivity index (χ4v) is 6.81. The predicted octanol–water partition coefficient (Wildman–Crippen LogP) is 3.66. The van der Waals surface area contributed by atoms with Gasteiger partial charge < -0.3 is 29.6 Å². The number of fused-ring (bicyclic) bond motifs is 3. The van der Waals surface area contributed by atoms with E-state index < -0.39 is 41.6 Å². The normalized spacial score (nSPS) is 28.2. The average molecular weight is 609 g/mol. The Bertz CT molecular complexity index is 1480. The predicted molar refractivity (Wildman–Crippen MR) is 163 cm³/mol. The molecule has 1 saturated carbocycles. The van der Waals surface area contributed by atoms with E-state index in [1.807, 2.05) is 50.6 Å². The molecule has 4 bridgehead atoms. The van der Waals surface area contributed by atoms with E-state index in [9.17, 15) is 24.0 Å². The molecule has 1 saturated heterocycles. The minimum Gasteiger partial charge on any atom is -0.456 e. The first-order valence-electron chi connectivity index (χ1n) is 15.7. The van der Waals surface area contributed by atoms with Crippen LogP contribution in [0.3, 0.4) is 0 Å². The number of ether oxygens (including phenoxy) is 2. The van der Waals surface area contributed by atoms with Crippen molar-refractivity contribution in [3.8, 4) is 0 Å². The Morgan fingerprint density at radius 1 is 1.14 bits per heavy atom. The zero-order valence-electron chi connectivity index (χ0n) is 26.4. The van der Waals surface area contributed by atoms with Gasteiger partial charge in [0.15, 0.2) is 5.78 Å². The van der Waals surface area contributed by atoms with Crippen LogP contribution < -0.4 is 10.6 Å². The monoisotopic (exact) mass is 608 g/mol. The molecule has 1 aromatic heterocycles. The van der Waals surface area contributed by atoms with E-state index in [4.69, 9.17) is 9.47 Å². The van der Waals surface area contributed by atoms with Crippen LogP contribution in [0.5, 0.6) is 0 Å². The molecule has 11 heteroatoms. The summed E-state index contributed by atoms with van der Waals surface area (Å²) in [5.74, 6) is -1.59. The first-order chi connectivity index (χ1) is 20.8. The second-order valence-electron chi connectivity index (χ2n) is 13.5. The van der Waals surface area contributed by atoms with Gasteiger partial charge in [-0.2, -0.15) is 0 Å². The van der Waals surface area contributed by atoms with E-state index in [1.165, 1.54) is 4.90 Å². The van der Waals surface area contributed by atoms with Crippen LogP contribution >= 0.6 is 0 Å². The molecule has 5 rings (SSSR count). The summed E-state index contributed by atoms with van der Waals surface area (Å²) in [5.41, 5.74) is 1.18. The lowest BCUT2D eigenvalue weighted by Crippen LogP contribution is -2.67. The molecule has 2 N–H and O–H groups in total. The van der Waals surface area contributed by atoms with Gasteiger partial charge in [0.2, 0.25) is 11.8 Å². The molecular formula is C33H44N4O7. The third-order valence-corrected chi connectivity index (χ3v) is 9.78. The highest BCUT2D eigenvalue weighted by atomic mass is 16.6. The second kappa shape index (κ2) is 12.2. The highest BCUT2D eigenvalue weighted by molar-refractivity contribution is 6.00. The van der Waals surface area contributed by atoms with Gasteiger partial charge in [0.25, 0.3) is 0 Å². The molecule has 3 aliphatic rings. The Labute approximate surface area is 258 Å². The number of cyclic esters (lactones) is 1. The van der Waals surface area contributed by atoms with Crippen LogP contribution in [0.25, 0.3) is 10.9 Å². The molecule has 4 atom stereocenters. The van der Waals surface area contributed by atoms with Gasteiger partial charge in [0.1, 0.15) is 24.4 Å². The summed E-state index contributed by atoms with van der Waals surface area (Å²) >= 11 is 0. The summed E-state index contributed by atoms with van der Waals surface area (Å²) < 4.78 is 13.2. The van der Waals surface area contributed by atoms with E-state index in [2.05, 4.69) is 16.7 Å². The molecule has 2 aromatic rings. The molecule has 3 heterocycles. The Morgan fingerprint density at radius 3 is 2.64 bits per heavy atom. The number of rotatable bonds is 3. The molecule has 2 aliphatic heterocycles. The van der Waals surface area contributed by atoms with Crippen LogP contribution in [0.1, 0.15) is 82.3 Å². The van der Waals surface area contributed by atoms with E-state index in [0.29, 0.717) is 12.1 Å². The maximum atomic E-state index is 13.6. The van der Waals surface area contributed by atoms with Crippen molar-refractivity contribution in [2.45, 2.75) is 90.3 Å². The maximum absolute atomic E-state index is 13.6. The first kappa shape index (κ1) is 31.5. The number of ketones is 1. The quantitative estimate of drug-likeness (QED) is 0.508. The zero-order valence-corrected chi connectivity index (χ0v) is 26.4. The van der Waals surface area contributed by atoms with Crippen molar-refractivity contribution in [2.24, 2.45) is 18.4 Å². The summed E-state index contributed by atoms with van der Waals surface area (Å²) in [6.45, 7) is 7.55. The van der Waals surface area contributed by atoms with Crippen LogP contribution in [0.4, 0.5) is 4.79 Å². The van der Waals surface area contributed by atoms with E-state index >= 15 is 0 Å². The Kier molecular flexibility index (Phi) is 8.77. The van der Waals surface area contributed by atoms with Gasteiger partial charge in [-0.05, 0) is 55.2 Å². The molecule has 1 aliphatic carbocycles. The summed E-state index contributed by atoms with van der Waals surface area (Å²) in [6.07, 6.45) is 3.26. The lowest BCUT2D eigenvalue weighted by Gasteiger charge is -2.46. The molecule has 0 unspecified atom stereocenters. The number of esters is 1. The topological polar surface area (TPSA) is 136 Å². The fourth-order valence-electron chi connectivity index (χ4n) is 6.81. The number of hydrogen-bond acceptors (Lipinski definition) is 7. The number of carbonyl (C=O) groups is 5. The molecule has 3 amide bonds. The SMILES string of the molecule is CC[C@@H]1CC(=O)[C@]1(C)NC(=O)[C@@H]1C[C@@H]2CN1C(=O)CNC(=O)OCC(C)(C)CCCCc1cccc3c1cc(n3C)C(=O)O2. The van der Waals surface area contributed by atoms with Gasteiger partial charge in [0.05, 0.1) is 18.7 Å². The Morgan fingerprint density at radius 2 is 1.91 bits per heavy atom. The number of carbonyl (C=O) groups excluding carboxylic acids is 5. The largest absolute Gasteiger partial charge is 0.456 e. The van der Waals surface area contributed by atoms with Gasteiger partial charge in [-0.3, -0.25) is 14.4 Å². The average Bonchev–Trinajstić information content (AvgIpc) is 3.57. The minimum absolute atomic E-state index is 0.00576. The van der Waals surface area contributed by atoms with Crippen molar-refractivity contribution in [1.82, 2.24) is 20.1 Å². The second-order valence-corrected chi connectivity index (χ2v) is 13.5. The van der Waals surface area contributed by atoms with E-state index in [-0.39, 0.29) is 43.2 Å². The van der Waals surface area contributed by atoms with E-state index in [0.717, 1.165) is 48.6 Å². The van der Waals surface area contributed by atoms with Gasteiger partial charge in [-0.15, -0.1) is 0 Å². The molecule has 2 fully saturated rings. The number of Topliss-reactive ketones (excluding diaryl/α,β-unsaturated/α-hetero) is 1. The number of aryl methyl sites for hydroxylation is 2. The highest BCUT2D eigenvalue weighted by Gasteiger charge is 2.53. The molecule has 238 valence electrons. The van der Waals surface area contributed by atoms with Gasteiger partial charge in [-0.25, -0.2) is 9.59 Å². The van der Waals surface area contributed by atoms with Crippen molar-refractivity contribution < 1.29 is 33.4 Å². The Hall–Kier alpha value is -3.89. The smallest absolute Gasteiger partial charge is 0.407 e. The highest BCUT2D eigenvalue weighted by Crippen LogP contribution is 2.38. The third-order valence-electron chi connectivity index (χ3n) is 9.78. The van der Waals surface area contributed by atoms with Crippen LogP contribution in [-0.2, 0) is 37.3 Å². The Balaban J connectivity index is 1.42. The number of nitrogens with zero attached hydrogens (tertiary/aromatic N) is 2. The van der Waals surface area contributed by atoms with Crippen molar-refractivity contribution in [3.63, 3.8) is 0 Å². The van der Waals surface area contributed by atoms with Crippen molar-refractivity contribution in [3.05, 3.63) is 35.5 Å². The van der Waals surface area contributed by atoms with Crippen LogP contribution in [0, 0.1) is 11.3 Å². The number of alkyl carbamates (subject to hydrolysis) is 1. The van der Waals surface area contributed by atoms with Crippen molar-refractivity contribution in [1.29, 1.82) is 0 Å². The lowest BCUT2D eigenvalue weighted by atomic mass is 9.65. The molecule has 0 radical (unpaired) electrons. The van der Waals surface area contributed by atoms with E-state index in [1.54, 1.807) is 6.92 Å². The summed E-state index contributed by atoms with van der Waals surface area (Å²) in [5, 5.41) is 6.39. The van der Waals surface area contributed by atoms with Crippen LogP contribution in [-0.4, -0.2) is 76.5 Å². The maximum Gasteiger partial charge on any atom is 0.407 e. The van der Waals surface area contributed by atoms with Gasteiger partial charge in [0, 0.05) is 30.8 Å². The molecule has 11 nitrogen and oxygen atoms in total. The molecule has 44 heavy (non-hydrogen) atoms. The first-order valence-corrected chi connectivity index (χ1v) is 15.7. The molecule has 0 spiro atoms.